The molecule has 1 aliphatic heterocycles. The minimum Gasteiger partial charge on any atom is -0.376 e. The van der Waals surface area contributed by atoms with Gasteiger partial charge in [-0.15, -0.1) is 0 Å². The second-order valence-corrected chi connectivity index (χ2v) is 10.3. The second-order valence-electron chi connectivity index (χ2n) is 8.52. The van der Waals surface area contributed by atoms with Gasteiger partial charge in [0.1, 0.15) is 5.82 Å². The maximum atomic E-state index is 14.1. The molecule has 1 aromatic carbocycles. The Morgan fingerprint density at radius 1 is 1.16 bits per heavy atom. The Morgan fingerprint density at radius 2 is 1.84 bits per heavy atom. The zero-order valence-corrected chi connectivity index (χ0v) is 18.6. The highest BCUT2D eigenvalue weighted by molar-refractivity contribution is 7.88. The molecule has 174 valence electrons. The molecule has 2 aliphatic rings. The van der Waals surface area contributed by atoms with E-state index in [9.17, 15) is 26.4 Å². The lowest BCUT2D eigenvalue weighted by molar-refractivity contribution is -0.136. The molecule has 0 spiro atoms. The first-order valence-corrected chi connectivity index (χ1v) is 12.4. The molecule has 1 saturated carbocycles. The van der Waals surface area contributed by atoms with Crippen LogP contribution in [0.4, 0.5) is 13.2 Å². The van der Waals surface area contributed by atoms with Crippen LogP contribution in [0.3, 0.4) is 0 Å². The summed E-state index contributed by atoms with van der Waals surface area (Å²) >= 11 is 0. The molecule has 0 aromatic heterocycles. The molecule has 2 fully saturated rings. The van der Waals surface area contributed by atoms with Crippen molar-refractivity contribution in [3.05, 3.63) is 35.1 Å². The topological polar surface area (TPSA) is 75.7 Å². The summed E-state index contributed by atoms with van der Waals surface area (Å²) in [5.41, 5.74) is 0.0587. The van der Waals surface area contributed by atoms with Gasteiger partial charge in [-0.25, -0.2) is 26.3 Å². The Bertz CT molecular complexity index is 904. The van der Waals surface area contributed by atoms with Gasteiger partial charge in [0.05, 0.1) is 25.0 Å². The Hall–Kier alpha value is -1.65. The molecule has 0 bridgehead atoms. The number of carbonyl (C=O) groups excluding carboxylic acids is 1. The number of ether oxygens (including phenoxy) is 1. The molecule has 1 saturated heterocycles. The molecule has 3 rings (SSSR count). The van der Waals surface area contributed by atoms with Gasteiger partial charge in [-0.2, -0.15) is 0 Å². The Labute approximate surface area is 181 Å². The van der Waals surface area contributed by atoms with Gasteiger partial charge in [0.25, 0.3) is 0 Å². The number of nitrogens with zero attached hydrogens (tertiary/aromatic N) is 1. The molecule has 0 radical (unpaired) electrons. The molecular formula is C21H29F3N2O4S. The van der Waals surface area contributed by atoms with Gasteiger partial charge in [-0.05, 0) is 56.1 Å². The Kier molecular flexibility index (Phi) is 7.64. The predicted molar refractivity (Wildman–Crippen MR) is 109 cm³/mol. The van der Waals surface area contributed by atoms with Gasteiger partial charge in [0.15, 0.2) is 11.6 Å². The van der Waals surface area contributed by atoms with Gasteiger partial charge in [0.2, 0.25) is 15.9 Å². The number of amides is 1. The van der Waals surface area contributed by atoms with E-state index in [2.05, 4.69) is 4.72 Å². The number of piperidine rings is 1. The Balaban J connectivity index is 1.61. The quantitative estimate of drug-likeness (QED) is 0.660. The number of hydrogen-bond donors (Lipinski definition) is 1. The van der Waals surface area contributed by atoms with Gasteiger partial charge in [-0.1, -0.05) is 0 Å². The van der Waals surface area contributed by atoms with Crippen molar-refractivity contribution in [3.63, 3.8) is 0 Å². The van der Waals surface area contributed by atoms with Gasteiger partial charge in [0, 0.05) is 25.6 Å². The van der Waals surface area contributed by atoms with Crippen molar-refractivity contribution in [1.82, 2.24) is 9.62 Å². The third-order valence-electron chi connectivity index (χ3n) is 6.19. The molecule has 1 heterocycles. The third-order valence-corrected chi connectivity index (χ3v) is 6.92. The summed E-state index contributed by atoms with van der Waals surface area (Å²) in [6.45, 7) is 2.18. The van der Waals surface area contributed by atoms with Crippen molar-refractivity contribution in [2.24, 2.45) is 0 Å². The summed E-state index contributed by atoms with van der Waals surface area (Å²) in [4.78, 5) is 13.7. The van der Waals surface area contributed by atoms with Crippen LogP contribution in [-0.2, 0) is 19.6 Å². The summed E-state index contributed by atoms with van der Waals surface area (Å²) in [5.74, 6) is -3.40. The maximum absolute atomic E-state index is 14.1. The summed E-state index contributed by atoms with van der Waals surface area (Å²) in [7, 11) is -3.44. The molecule has 6 nitrogen and oxygen atoms in total. The van der Waals surface area contributed by atoms with E-state index in [0.29, 0.717) is 51.1 Å². The molecule has 10 heteroatoms. The van der Waals surface area contributed by atoms with E-state index in [4.69, 9.17) is 4.74 Å². The summed E-state index contributed by atoms with van der Waals surface area (Å²) < 4.78 is 73.2. The molecule has 1 aliphatic carbocycles. The fourth-order valence-electron chi connectivity index (χ4n) is 4.71. The first-order chi connectivity index (χ1) is 14.5. The van der Waals surface area contributed by atoms with Crippen molar-refractivity contribution in [3.8, 4) is 0 Å². The Morgan fingerprint density at radius 3 is 2.45 bits per heavy atom. The zero-order chi connectivity index (χ0) is 22.8. The van der Waals surface area contributed by atoms with E-state index in [-0.39, 0.29) is 30.1 Å². The van der Waals surface area contributed by atoms with Crippen molar-refractivity contribution in [1.29, 1.82) is 0 Å². The molecule has 1 amide bonds. The van der Waals surface area contributed by atoms with Crippen LogP contribution in [-0.4, -0.2) is 56.8 Å². The fraction of sp³-hybridized carbons (Fsp3) is 0.667. The molecule has 1 N–H and O–H groups in total. The number of likely N-dealkylation sites (tertiary alicyclic amines) is 1. The first-order valence-electron chi connectivity index (χ1n) is 10.6. The summed E-state index contributed by atoms with van der Waals surface area (Å²) in [6.07, 6.45) is 4.47. The largest absolute Gasteiger partial charge is 0.376 e. The van der Waals surface area contributed by atoms with Crippen LogP contribution < -0.4 is 4.72 Å². The number of hydrogen-bond acceptors (Lipinski definition) is 4. The summed E-state index contributed by atoms with van der Waals surface area (Å²) in [6, 6.07) is 0.764. The van der Waals surface area contributed by atoms with E-state index in [0.717, 1.165) is 12.3 Å². The van der Waals surface area contributed by atoms with Crippen LogP contribution >= 0.6 is 0 Å². The second kappa shape index (κ2) is 9.87. The van der Waals surface area contributed by atoms with E-state index in [1.54, 1.807) is 4.90 Å². The molecule has 1 aromatic rings. The minimum atomic E-state index is -3.44. The number of nitrogens with one attached hydrogen (secondary N) is 1. The lowest BCUT2D eigenvalue weighted by atomic mass is 9.82. The van der Waals surface area contributed by atoms with Crippen LogP contribution in [0.5, 0.6) is 0 Å². The van der Waals surface area contributed by atoms with Crippen molar-refractivity contribution < 1.29 is 31.1 Å². The van der Waals surface area contributed by atoms with E-state index in [1.165, 1.54) is 6.92 Å². The lowest BCUT2D eigenvalue weighted by Gasteiger charge is -2.41. The van der Waals surface area contributed by atoms with E-state index < -0.39 is 39.6 Å². The number of carbonyl (C=O) groups is 1. The zero-order valence-electron chi connectivity index (χ0n) is 17.7. The average molecular weight is 463 g/mol. The third kappa shape index (κ3) is 6.20. The molecule has 0 unspecified atom stereocenters. The van der Waals surface area contributed by atoms with Gasteiger partial charge >= 0.3 is 0 Å². The van der Waals surface area contributed by atoms with Crippen molar-refractivity contribution in [2.75, 3.05) is 19.4 Å². The minimum absolute atomic E-state index is 0.0587. The van der Waals surface area contributed by atoms with E-state index >= 15 is 0 Å². The standard InChI is InChI=1S/C21H29F3N2O4S/c1-13(27)26-9-3-4-19(25-31(2,28)29)20(26)12-30-16-7-5-14(6-8-16)17-10-15(22)11-18(23)21(17)24/h10-11,14,16,19-20,25H,3-9,12H2,1-2H3/t14-,16+,19-,20-/m0/s1. The smallest absolute Gasteiger partial charge is 0.219 e. The first kappa shape index (κ1) is 24.0. The van der Waals surface area contributed by atoms with Crippen molar-refractivity contribution in [2.45, 2.75) is 69.6 Å². The van der Waals surface area contributed by atoms with Gasteiger partial charge < -0.3 is 9.64 Å². The number of rotatable bonds is 6. The van der Waals surface area contributed by atoms with Crippen LogP contribution in [0.15, 0.2) is 12.1 Å². The van der Waals surface area contributed by atoms with Crippen LogP contribution in [0.25, 0.3) is 0 Å². The van der Waals surface area contributed by atoms with Crippen molar-refractivity contribution >= 4 is 15.9 Å². The van der Waals surface area contributed by atoms with E-state index in [1.807, 2.05) is 0 Å². The highest BCUT2D eigenvalue weighted by atomic mass is 32.2. The number of halogens is 3. The molecule has 2 atom stereocenters. The lowest BCUT2D eigenvalue weighted by Crippen LogP contribution is -2.58. The van der Waals surface area contributed by atoms with Gasteiger partial charge in [-0.3, -0.25) is 4.79 Å². The predicted octanol–water partition coefficient (Wildman–Crippen LogP) is 3.08. The fourth-order valence-corrected chi connectivity index (χ4v) is 5.54. The normalized spacial score (nSPS) is 27.3. The van der Waals surface area contributed by atoms with Crippen LogP contribution in [0, 0.1) is 17.5 Å². The average Bonchev–Trinajstić information content (AvgIpc) is 2.68. The number of benzene rings is 1. The molecular weight excluding hydrogens is 433 g/mol. The van der Waals surface area contributed by atoms with Crippen LogP contribution in [0.1, 0.15) is 56.9 Å². The highest BCUT2D eigenvalue weighted by Crippen LogP contribution is 2.36. The SMILES string of the molecule is CC(=O)N1CCC[C@H](NS(C)(=O)=O)[C@@H]1CO[C@H]1CC[C@@H](c2cc(F)cc(F)c2F)CC1. The summed E-state index contributed by atoms with van der Waals surface area (Å²) in [5, 5.41) is 0. The highest BCUT2D eigenvalue weighted by Gasteiger charge is 2.36. The monoisotopic (exact) mass is 462 g/mol. The maximum Gasteiger partial charge on any atom is 0.219 e. The van der Waals surface area contributed by atoms with Crippen LogP contribution in [0.2, 0.25) is 0 Å². The molecule has 31 heavy (non-hydrogen) atoms. The number of sulfonamides is 1.